The molecule has 4 atom stereocenters. The van der Waals surface area contributed by atoms with E-state index in [9.17, 15) is 0 Å². The molecule has 1 saturated carbocycles. The van der Waals surface area contributed by atoms with Gasteiger partial charge in [0, 0.05) is 12.5 Å². The highest BCUT2D eigenvalue weighted by atomic mass is 28.4. The van der Waals surface area contributed by atoms with Crippen LogP contribution in [0.1, 0.15) is 108 Å². The van der Waals surface area contributed by atoms with Gasteiger partial charge < -0.3 is 13.3 Å². The van der Waals surface area contributed by atoms with Crippen molar-refractivity contribution in [1.82, 2.24) is 0 Å². The van der Waals surface area contributed by atoms with Crippen LogP contribution in [0.2, 0.25) is 41.3 Å². The number of hydrogen-bond acceptors (Lipinski definition) is 3. The summed E-state index contributed by atoms with van der Waals surface area (Å²) >= 11 is 0. The normalized spacial score (nSPS) is 21.0. The van der Waals surface area contributed by atoms with Gasteiger partial charge in [-0.15, -0.1) is 0 Å². The maximum absolute atomic E-state index is 7.75. The largest absolute Gasteiger partial charge is 0.414 e. The van der Waals surface area contributed by atoms with Crippen LogP contribution in [0.15, 0.2) is 72.8 Å². The molecule has 0 aliphatic heterocycles. The number of hydrogen-bond donors (Lipinski definition) is 0. The number of allylic oxidation sites excluding steroid dienone is 2. The van der Waals surface area contributed by atoms with Crippen LogP contribution >= 0.6 is 0 Å². The quantitative estimate of drug-likeness (QED) is 0.0734. The monoisotopic (exact) mass is 708 g/mol. The fourth-order valence-corrected chi connectivity index (χ4v) is 18.9. The molecule has 0 radical (unpaired) electrons. The second-order valence-electron chi connectivity index (χ2n) is 15.5. The van der Waals surface area contributed by atoms with Gasteiger partial charge in [0.15, 0.2) is 16.6 Å². The van der Waals surface area contributed by atoms with Gasteiger partial charge >= 0.3 is 0 Å². The molecule has 0 saturated heterocycles. The lowest BCUT2D eigenvalue weighted by molar-refractivity contribution is 0.0814. The lowest BCUT2D eigenvalue weighted by Gasteiger charge is -2.44. The smallest absolute Gasteiger partial charge is 0.261 e. The molecule has 0 spiro atoms. The summed E-state index contributed by atoms with van der Waals surface area (Å²) in [5.41, 5.74) is 0. The van der Waals surface area contributed by atoms with Crippen molar-refractivity contribution < 1.29 is 13.3 Å². The molecule has 1 fully saturated rings. The molecule has 1 aliphatic rings. The molecule has 3 nitrogen and oxygen atoms in total. The van der Waals surface area contributed by atoms with Gasteiger partial charge in [0.1, 0.15) is 0 Å². The van der Waals surface area contributed by atoms with Gasteiger partial charge in [0.2, 0.25) is 0 Å². The first-order valence-corrected chi connectivity index (χ1v) is 26.8. The molecule has 0 amide bonds. The predicted molar refractivity (Wildman–Crippen MR) is 217 cm³/mol. The fourth-order valence-electron chi connectivity index (χ4n) is 8.47. The molecule has 3 rings (SSSR count). The molecule has 0 unspecified atom stereocenters. The van der Waals surface area contributed by atoms with E-state index in [1.54, 1.807) is 0 Å². The van der Waals surface area contributed by atoms with E-state index >= 15 is 0 Å². The SMILES string of the molecule is CCCCC/C=C\C[C@@H]1[C@H](CO[Si](c2ccccc2)(c2ccccc2)C(C)(C)C)[C@@H](O[Si](CC)(CC)CC)C[C@H]1O[Si](CC)(CC)CC. The molecule has 0 aromatic heterocycles. The van der Waals surface area contributed by atoms with Crippen molar-refractivity contribution in [3.05, 3.63) is 72.8 Å². The van der Waals surface area contributed by atoms with Crippen molar-refractivity contribution in [2.24, 2.45) is 11.8 Å². The van der Waals surface area contributed by atoms with Crippen LogP contribution in [0.25, 0.3) is 0 Å². The lowest BCUT2D eigenvalue weighted by Crippen LogP contribution is -2.67. The minimum Gasteiger partial charge on any atom is -0.414 e. The zero-order valence-electron chi connectivity index (χ0n) is 32.7. The molecular weight excluding hydrogens is 637 g/mol. The Kier molecular flexibility index (Phi) is 16.6. The summed E-state index contributed by atoms with van der Waals surface area (Å²) in [6.45, 7) is 24.4. The Morgan fingerprint density at radius 3 is 1.50 bits per heavy atom. The van der Waals surface area contributed by atoms with Gasteiger partial charge in [-0.05, 0) is 83.3 Å². The average molecular weight is 709 g/mol. The molecule has 270 valence electrons. The van der Waals surface area contributed by atoms with Crippen LogP contribution in [-0.2, 0) is 13.3 Å². The number of benzene rings is 2. The third-order valence-electron chi connectivity index (χ3n) is 12.1. The molecule has 48 heavy (non-hydrogen) atoms. The zero-order chi connectivity index (χ0) is 35.3. The summed E-state index contributed by atoms with van der Waals surface area (Å²) < 4.78 is 22.8. The van der Waals surface area contributed by atoms with Crippen LogP contribution < -0.4 is 10.4 Å². The topological polar surface area (TPSA) is 27.7 Å². The van der Waals surface area contributed by atoms with Crippen molar-refractivity contribution >= 4 is 35.3 Å². The van der Waals surface area contributed by atoms with E-state index in [-0.39, 0.29) is 17.2 Å². The van der Waals surface area contributed by atoms with Gasteiger partial charge in [0.05, 0.1) is 12.2 Å². The van der Waals surface area contributed by atoms with Crippen molar-refractivity contribution in [2.75, 3.05) is 6.61 Å². The molecule has 1 aliphatic carbocycles. The molecule has 0 bridgehead atoms. The molecule has 0 heterocycles. The summed E-state index contributed by atoms with van der Waals surface area (Å²) in [6.07, 6.45) is 12.4. The van der Waals surface area contributed by atoms with E-state index in [4.69, 9.17) is 13.3 Å². The average Bonchev–Trinajstić information content (AvgIpc) is 3.42. The van der Waals surface area contributed by atoms with E-state index in [1.807, 2.05) is 0 Å². The van der Waals surface area contributed by atoms with Crippen LogP contribution in [0.3, 0.4) is 0 Å². The highest BCUT2D eigenvalue weighted by Gasteiger charge is 2.54. The summed E-state index contributed by atoms with van der Waals surface area (Å²) in [7, 11) is -6.39. The molecule has 6 heteroatoms. The van der Waals surface area contributed by atoms with Gasteiger partial charge in [-0.2, -0.15) is 0 Å². The number of unbranched alkanes of at least 4 members (excludes halogenated alkanes) is 3. The van der Waals surface area contributed by atoms with E-state index in [1.165, 1.54) is 72.3 Å². The van der Waals surface area contributed by atoms with E-state index < -0.39 is 25.0 Å². The molecular formula is C42H72O3Si3. The summed E-state index contributed by atoms with van der Waals surface area (Å²) in [6, 6.07) is 29.4. The Labute approximate surface area is 300 Å². The standard InChI is InChI=1S/C42H72O3Si3/c1-11-18-19-20-21-28-33-38-39(41(45-47(15-5,16-6)17-7)34-40(38)44-46(12-2,13-3)14-4)35-43-48(42(8,9)10,36-29-24-22-25-30-36)37-31-26-23-27-32-37/h21-32,38-41H,11-20,33-35H2,1-10H3/b28-21-/t38-,39+,40-,41+/m1/s1. The molecule has 0 N–H and O–H groups in total. The van der Waals surface area contributed by atoms with Crippen molar-refractivity contribution in [2.45, 2.75) is 161 Å². The van der Waals surface area contributed by atoms with Gasteiger partial charge in [-0.25, -0.2) is 0 Å². The lowest BCUT2D eigenvalue weighted by atomic mass is 9.91. The minimum absolute atomic E-state index is 0.0568. The first-order valence-electron chi connectivity index (χ1n) is 19.8. The van der Waals surface area contributed by atoms with Crippen molar-refractivity contribution in [3.63, 3.8) is 0 Å². The second kappa shape index (κ2) is 19.4. The van der Waals surface area contributed by atoms with Crippen LogP contribution in [0, 0.1) is 11.8 Å². The Balaban J connectivity index is 2.14. The summed E-state index contributed by atoms with van der Waals surface area (Å²) in [5, 5.41) is 2.65. The highest BCUT2D eigenvalue weighted by Crippen LogP contribution is 2.45. The van der Waals surface area contributed by atoms with E-state index in [0.29, 0.717) is 18.4 Å². The van der Waals surface area contributed by atoms with E-state index in [0.717, 1.165) is 12.8 Å². The molecule has 2 aromatic rings. The van der Waals surface area contributed by atoms with Gasteiger partial charge in [0.25, 0.3) is 8.32 Å². The van der Waals surface area contributed by atoms with E-state index in [2.05, 4.69) is 142 Å². The molecule has 2 aromatic carbocycles. The Morgan fingerprint density at radius 1 is 0.625 bits per heavy atom. The maximum Gasteiger partial charge on any atom is 0.261 e. The number of rotatable bonds is 21. The van der Waals surface area contributed by atoms with Crippen molar-refractivity contribution in [1.29, 1.82) is 0 Å². The van der Waals surface area contributed by atoms with Crippen LogP contribution in [0.4, 0.5) is 0 Å². The Hall–Kier alpha value is -1.29. The van der Waals surface area contributed by atoms with Gasteiger partial charge in [-0.1, -0.05) is 155 Å². The highest BCUT2D eigenvalue weighted by molar-refractivity contribution is 6.99. The third-order valence-corrected chi connectivity index (χ3v) is 26.4. The Morgan fingerprint density at radius 2 is 1.08 bits per heavy atom. The van der Waals surface area contributed by atoms with Crippen LogP contribution in [-0.4, -0.2) is 43.8 Å². The minimum atomic E-state index is -2.70. The van der Waals surface area contributed by atoms with Crippen LogP contribution in [0.5, 0.6) is 0 Å². The first kappa shape index (κ1) is 41.1. The fraction of sp³-hybridized carbons (Fsp3) is 0.667. The Bertz CT molecular complexity index is 1130. The summed E-state index contributed by atoms with van der Waals surface area (Å²) in [4.78, 5) is 0. The first-order chi connectivity index (χ1) is 23.0. The van der Waals surface area contributed by atoms with Crippen molar-refractivity contribution in [3.8, 4) is 0 Å². The third kappa shape index (κ3) is 9.73. The zero-order valence-corrected chi connectivity index (χ0v) is 35.7. The summed E-state index contributed by atoms with van der Waals surface area (Å²) in [5.74, 6) is 0.690. The maximum atomic E-state index is 7.75. The second-order valence-corrected chi connectivity index (χ2v) is 29.3. The predicted octanol–water partition coefficient (Wildman–Crippen LogP) is 11.5. The van der Waals surface area contributed by atoms with Gasteiger partial charge in [-0.3, -0.25) is 0 Å².